The van der Waals surface area contributed by atoms with Crippen molar-refractivity contribution in [3.8, 4) is 0 Å². The molecule has 0 aliphatic heterocycles. The second-order valence-electron chi connectivity index (χ2n) is 3.83. The van der Waals surface area contributed by atoms with Crippen molar-refractivity contribution in [3.63, 3.8) is 0 Å². The molecular weight excluding hydrogens is 202 g/mol. The molecule has 2 heterocycles. The monoisotopic (exact) mass is 217 g/mol. The fraction of sp³-hybridized carbons (Fsp3) is 0.364. The maximum absolute atomic E-state index is 4.28. The lowest BCUT2D eigenvalue weighted by atomic mass is 10.2. The van der Waals surface area contributed by atoms with Crippen molar-refractivity contribution < 1.29 is 0 Å². The Morgan fingerprint density at radius 2 is 2.06 bits per heavy atom. The molecule has 0 aliphatic rings. The minimum absolute atomic E-state index is 0.720. The molecule has 0 radical (unpaired) electrons. The molecule has 2 aromatic rings. The molecule has 2 rings (SSSR count). The molecule has 5 nitrogen and oxygen atoms in total. The lowest BCUT2D eigenvalue weighted by Gasteiger charge is -2.03. The number of nitrogens with zero attached hydrogens (tertiary/aromatic N) is 4. The zero-order valence-electron chi connectivity index (χ0n) is 9.73. The summed E-state index contributed by atoms with van der Waals surface area (Å²) < 4.78 is 1.81. The first-order valence-corrected chi connectivity index (χ1v) is 5.18. The molecule has 0 amide bonds. The van der Waals surface area contributed by atoms with Gasteiger partial charge in [-0.3, -0.25) is 4.68 Å². The van der Waals surface area contributed by atoms with Crippen LogP contribution in [0.2, 0.25) is 0 Å². The average molecular weight is 217 g/mol. The third-order valence-electron chi connectivity index (χ3n) is 2.37. The largest absolute Gasteiger partial charge is 0.364 e. The summed E-state index contributed by atoms with van der Waals surface area (Å²) in [5.74, 6) is 0.786. The molecule has 2 aromatic heterocycles. The van der Waals surface area contributed by atoms with Gasteiger partial charge >= 0.3 is 0 Å². The predicted molar refractivity (Wildman–Crippen MR) is 62.0 cm³/mol. The zero-order valence-corrected chi connectivity index (χ0v) is 9.73. The maximum Gasteiger partial charge on any atom is 0.148 e. The molecule has 0 aliphatic carbocycles. The second kappa shape index (κ2) is 4.30. The van der Waals surface area contributed by atoms with Gasteiger partial charge < -0.3 is 5.32 Å². The topological polar surface area (TPSA) is 55.6 Å². The van der Waals surface area contributed by atoms with Gasteiger partial charge in [-0.25, -0.2) is 0 Å². The van der Waals surface area contributed by atoms with Crippen LogP contribution in [-0.4, -0.2) is 20.0 Å². The SMILES string of the molecule is Cc1ccc(NCc2cn(C)nc2C)nn1. The van der Waals surface area contributed by atoms with E-state index in [-0.39, 0.29) is 0 Å². The van der Waals surface area contributed by atoms with Gasteiger partial charge in [-0.2, -0.15) is 10.2 Å². The highest BCUT2D eigenvalue weighted by atomic mass is 15.3. The molecule has 0 fully saturated rings. The van der Waals surface area contributed by atoms with Gasteiger partial charge in [-0.15, -0.1) is 5.10 Å². The van der Waals surface area contributed by atoms with E-state index in [0.717, 1.165) is 23.8 Å². The van der Waals surface area contributed by atoms with Gasteiger partial charge in [0.15, 0.2) is 0 Å². The fourth-order valence-electron chi connectivity index (χ4n) is 1.50. The Kier molecular flexibility index (Phi) is 2.85. The zero-order chi connectivity index (χ0) is 11.5. The number of aromatic nitrogens is 4. The molecule has 0 saturated carbocycles. The third-order valence-corrected chi connectivity index (χ3v) is 2.37. The van der Waals surface area contributed by atoms with E-state index in [4.69, 9.17) is 0 Å². The quantitative estimate of drug-likeness (QED) is 0.845. The Morgan fingerprint density at radius 1 is 1.25 bits per heavy atom. The highest BCUT2D eigenvalue weighted by molar-refractivity contribution is 5.34. The predicted octanol–water partition coefficient (Wildman–Crippen LogP) is 1.44. The molecule has 84 valence electrons. The Hall–Kier alpha value is -1.91. The summed E-state index contributed by atoms with van der Waals surface area (Å²) in [6, 6.07) is 3.86. The van der Waals surface area contributed by atoms with Gasteiger partial charge in [0.05, 0.1) is 11.4 Å². The van der Waals surface area contributed by atoms with E-state index >= 15 is 0 Å². The van der Waals surface area contributed by atoms with Crippen molar-refractivity contribution in [2.75, 3.05) is 5.32 Å². The van der Waals surface area contributed by atoms with E-state index in [2.05, 4.69) is 20.6 Å². The van der Waals surface area contributed by atoms with Gasteiger partial charge in [0, 0.05) is 25.4 Å². The van der Waals surface area contributed by atoms with Crippen LogP contribution in [0.5, 0.6) is 0 Å². The van der Waals surface area contributed by atoms with Crippen molar-refractivity contribution in [2.45, 2.75) is 20.4 Å². The lowest BCUT2D eigenvalue weighted by Crippen LogP contribution is -2.02. The standard InChI is InChI=1S/C11H15N5/c1-8-4-5-11(14-13-8)12-6-10-7-16(3)15-9(10)2/h4-5,7H,6H2,1-3H3,(H,12,14). The van der Waals surface area contributed by atoms with E-state index in [0.29, 0.717) is 0 Å². The van der Waals surface area contributed by atoms with Gasteiger partial charge in [0.25, 0.3) is 0 Å². The minimum Gasteiger partial charge on any atom is -0.364 e. The van der Waals surface area contributed by atoms with Crippen LogP contribution in [0.15, 0.2) is 18.3 Å². The van der Waals surface area contributed by atoms with Crippen LogP contribution < -0.4 is 5.32 Å². The molecular formula is C11H15N5. The first-order chi connectivity index (χ1) is 7.65. The van der Waals surface area contributed by atoms with E-state index in [1.165, 1.54) is 5.56 Å². The molecule has 0 aromatic carbocycles. The first kappa shape index (κ1) is 10.6. The summed E-state index contributed by atoms with van der Waals surface area (Å²) >= 11 is 0. The van der Waals surface area contributed by atoms with Crippen molar-refractivity contribution in [3.05, 3.63) is 35.3 Å². The molecule has 1 N–H and O–H groups in total. The molecule has 0 unspecified atom stereocenters. The fourth-order valence-corrected chi connectivity index (χ4v) is 1.50. The van der Waals surface area contributed by atoms with Crippen molar-refractivity contribution >= 4 is 5.82 Å². The van der Waals surface area contributed by atoms with Crippen LogP contribution in [0.3, 0.4) is 0 Å². The van der Waals surface area contributed by atoms with Crippen LogP contribution in [-0.2, 0) is 13.6 Å². The molecule has 0 saturated heterocycles. The number of hydrogen-bond donors (Lipinski definition) is 1. The maximum atomic E-state index is 4.28. The number of rotatable bonds is 3. The van der Waals surface area contributed by atoms with Gasteiger partial charge in [0.1, 0.15) is 5.82 Å². The Bertz CT molecular complexity index is 472. The van der Waals surface area contributed by atoms with E-state index in [9.17, 15) is 0 Å². The summed E-state index contributed by atoms with van der Waals surface area (Å²) in [4.78, 5) is 0. The summed E-state index contributed by atoms with van der Waals surface area (Å²) in [6.07, 6.45) is 2.00. The summed E-state index contributed by atoms with van der Waals surface area (Å²) in [5, 5.41) is 15.5. The third kappa shape index (κ3) is 2.36. The molecule has 0 bridgehead atoms. The van der Waals surface area contributed by atoms with Crippen LogP contribution in [0.25, 0.3) is 0 Å². The van der Waals surface area contributed by atoms with Crippen LogP contribution in [0.1, 0.15) is 17.0 Å². The summed E-state index contributed by atoms with van der Waals surface area (Å²) in [5.41, 5.74) is 3.13. The average Bonchev–Trinajstić information content (AvgIpc) is 2.57. The number of hydrogen-bond acceptors (Lipinski definition) is 4. The molecule has 5 heteroatoms. The number of aryl methyl sites for hydroxylation is 3. The number of nitrogens with one attached hydrogen (secondary N) is 1. The highest BCUT2D eigenvalue weighted by Gasteiger charge is 2.02. The molecule has 16 heavy (non-hydrogen) atoms. The second-order valence-corrected chi connectivity index (χ2v) is 3.83. The van der Waals surface area contributed by atoms with Crippen molar-refractivity contribution in [1.82, 2.24) is 20.0 Å². The van der Waals surface area contributed by atoms with Gasteiger partial charge in [-0.05, 0) is 26.0 Å². The Morgan fingerprint density at radius 3 is 2.62 bits per heavy atom. The smallest absolute Gasteiger partial charge is 0.148 e. The van der Waals surface area contributed by atoms with E-state index in [1.54, 1.807) is 0 Å². The van der Waals surface area contributed by atoms with E-state index < -0.39 is 0 Å². The van der Waals surface area contributed by atoms with Crippen molar-refractivity contribution in [2.24, 2.45) is 7.05 Å². The van der Waals surface area contributed by atoms with Gasteiger partial charge in [-0.1, -0.05) is 0 Å². The van der Waals surface area contributed by atoms with Gasteiger partial charge in [0.2, 0.25) is 0 Å². The van der Waals surface area contributed by atoms with Crippen molar-refractivity contribution in [1.29, 1.82) is 0 Å². The Balaban J connectivity index is 2.02. The van der Waals surface area contributed by atoms with Crippen LogP contribution in [0, 0.1) is 13.8 Å². The van der Waals surface area contributed by atoms with Crippen LogP contribution >= 0.6 is 0 Å². The first-order valence-electron chi connectivity index (χ1n) is 5.18. The number of anilines is 1. The molecule has 0 atom stereocenters. The Labute approximate surface area is 94.5 Å². The highest BCUT2D eigenvalue weighted by Crippen LogP contribution is 2.08. The van der Waals surface area contributed by atoms with E-state index in [1.807, 2.05) is 43.9 Å². The minimum atomic E-state index is 0.720. The summed E-state index contributed by atoms with van der Waals surface area (Å²) in [6.45, 7) is 4.64. The normalized spacial score (nSPS) is 10.4. The summed E-state index contributed by atoms with van der Waals surface area (Å²) in [7, 11) is 1.92. The lowest BCUT2D eigenvalue weighted by molar-refractivity contribution is 0.756. The molecule has 0 spiro atoms. The van der Waals surface area contributed by atoms with Crippen LogP contribution in [0.4, 0.5) is 5.82 Å².